The van der Waals surface area contributed by atoms with E-state index in [2.05, 4.69) is 5.32 Å². The highest BCUT2D eigenvalue weighted by molar-refractivity contribution is 5.82. The molecule has 1 aliphatic heterocycles. The Morgan fingerprint density at radius 3 is 2.75 bits per heavy atom. The van der Waals surface area contributed by atoms with E-state index in [1.807, 2.05) is 0 Å². The molecular formula is C8H12F4N2O2. The number of morpholine rings is 1. The van der Waals surface area contributed by atoms with Crippen LogP contribution in [-0.2, 0) is 9.53 Å². The number of amides is 1. The number of nitrogens with one attached hydrogen (secondary N) is 2. The van der Waals surface area contributed by atoms with Crippen LogP contribution >= 0.6 is 0 Å². The molecule has 0 aliphatic carbocycles. The molecule has 1 saturated heterocycles. The molecule has 1 heterocycles. The molecule has 0 bridgehead atoms. The van der Waals surface area contributed by atoms with Crippen LogP contribution in [0.1, 0.15) is 0 Å². The lowest BCUT2D eigenvalue weighted by Gasteiger charge is -2.24. The van der Waals surface area contributed by atoms with Crippen LogP contribution in [0.15, 0.2) is 0 Å². The van der Waals surface area contributed by atoms with Gasteiger partial charge in [-0.2, -0.15) is 8.78 Å². The van der Waals surface area contributed by atoms with Gasteiger partial charge < -0.3 is 15.4 Å². The normalized spacial score (nSPS) is 22.2. The molecule has 1 fully saturated rings. The number of carbonyl (C=O) groups is 1. The van der Waals surface area contributed by atoms with Gasteiger partial charge in [0.15, 0.2) is 0 Å². The summed E-state index contributed by atoms with van der Waals surface area (Å²) in [5.74, 6) is -4.97. The third-order valence-electron chi connectivity index (χ3n) is 2.06. The van der Waals surface area contributed by atoms with Crippen LogP contribution in [0, 0.1) is 0 Å². The van der Waals surface area contributed by atoms with Gasteiger partial charge in [0.2, 0.25) is 5.91 Å². The molecule has 0 spiro atoms. The van der Waals surface area contributed by atoms with Crippen molar-refractivity contribution in [3.63, 3.8) is 0 Å². The van der Waals surface area contributed by atoms with E-state index in [1.165, 1.54) is 0 Å². The summed E-state index contributed by atoms with van der Waals surface area (Å²) in [4.78, 5) is 11.2. The average Bonchev–Trinajstić information content (AvgIpc) is 2.27. The van der Waals surface area contributed by atoms with Gasteiger partial charge in [-0.1, -0.05) is 0 Å². The quantitative estimate of drug-likeness (QED) is 0.684. The molecule has 94 valence electrons. The van der Waals surface area contributed by atoms with Crippen molar-refractivity contribution in [2.75, 3.05) is 26.3 Å². The minimum Gasteiger partial charge on any atom is -0.378 e. The first-order valence-corrected chi connectivity index (χ1v) is 4.68. The van der Waals surface area contributed by atoms with E-state index in [1.54, 1.807) is 5.32 Å². The highest BCUT2D eigenvalue weighted by atomic mass is 19.3. The summed E-state index contributed by atoms with van der Waals surface area (Å²) in [7, 11) is 0. The molecule has 4 nitrogen and oxygen atoms in total. The van der Waals surface area contributed by atoms with Gasteiger partial charge in [-0.05, 0) is 0 Å². The van der Waals surface area contributed by atoms with Gasteiger partial charge in [0, 0.05) is 6.54 Å². The second-order valence-electron chi connectivity index (χ2n) is 3.36. The molecule has 1 aliphatic rings. The number of carbonyl (C=O) groups excluding carboxylic acids is 1. The molecule has 0 saturated carbocycles. The van der Waals surface area contributed by atoms with E-state index in [4.69, 9.17) is 4.74 Å². The maximum Gasteiger partial charge on any atom is 0.324 e. The van der Waals surface area contributed by atoms with E-state index < -0.39 is 30.8 Å². The van der Waals surface area contributed by atoms with Crippen LogP contribution < -0.4 is 10.6 Å². The summed E-state index contributed by atoms with van der Waals surface area (Å²) in [5.41, 5.74) is 0. The first kappa shape index (κ1) is 13.2. The molecule has 0 aromatic heterocycles. The Balaban J connectivity index is 2.34. The third-order valence-corrected chi connectivity index (χ3v) is 2.06. The van der Waals surface area contributed by atoms with Gasteiger partial charge in [0.25, 0.3) is 0 Å². The first-order chi connectivity index (χ1) is 7.43. The molecule has 8 heteroatoms. The van der Waals surface area contributed by atoms with Crippen molar-refractivity contribution in [1.29, 1.82) is 0 Å². The lowest BCUT2D eigenvalue weighted by molar-refractivity contribution is -0.139. The Labute approximate surface area is 89.3 Å². The lowest BCUT2D eigenvalue weighted by Crippen LogP contribution is -2.53. The van der Waals surface area contributed by atoms with Crippen LogP contribution in [-0.4, -0.2) is 50.6 Å². The van der Waals surface area contributed by atoms with Crippen molar-refractivity contribution in [1.82, 2.24) is 10.6 Å². The summed E-state index contributed by atoms with van der Waals surface area (Å²) in [6, 6.07) is -0.762. The summed E-state index contributed by atoms with van der Waals surface area (Å²) in [6.07, 6.45) is -3.79. The summed E-state index contributed by atoms with van der Waals surface area (Å²) in [6.45, 7) is -0.478. The highest BCUT2D eigenvalue weighted by Crippen LogP contribution is 2.21. The van der Waals surface area contributed by atoms with E-state index in [9.17, 15) is 22.4 Å². The van der Waals surface area contributed by atoms with Crippen molar-refractivity contribution in [3.8, 4) is 0 Å². The number of alkyl halides is 4. The zero-order valence-corrected chi connectivity index (χ0v) is 8.31. The molecule has 0 aromatic rings. The second kappa shape index (κ2) is 5.44. The van der Waals surface area contributed by atoms with Crippen molar-refractivity contribution in [3.05, 3.63) is 0 Å². The van der Waals surface area contributed by atoms with Crippen LogP contribution in [0.25, 0.3) is 0 Å². The largest absolute Gasteiger partial charge is 0.378 e. The molecule has 2 N–H and O–H groups in total. The smallest absolute Gasteiger partial charge is 0.324 e. The maximum atomic E-state index is 12.5. The van der Waals surface area contributed by atoms with E-state index >= 15 is 0 Å². The lowest BCUT2D eigenvalue weighted by atomic mass is 10.2. The van der Waals surface area contributed by atoms with Crippen LogP contribution in [0.2, 0.25) is 0 Å². The van der Waals surface area contributed by atoms with Gasteiger partial charge in [0.05, 0.1) is 19.8 Å². The van der Waals surface area contributed by atoms with Gasteiger partial charge in [-0.3, -0.25) is 4.79 Å². The number of rotatable bonds is 4. The monoisotopic (exact) mass is 244 g/mol. The summed E-state index contributed by atoms with van der Waals surface area (Å²) >= 11 is 0. The maximum absolute atomic E-state index is 12.5. The second-order valence-corrected chi connectivity index (χ2v) is 3.36. The van der Waals surface area contributed by atoms with E-state index in [0.29, 0.717) is 13.2 Å². The van der Waals surface area contributed by atoms with Crippen molar-refractivity contribution < 1.29 is 27.1 Å². The Hall–Kier alpha value is -0.890. The minimum atomic E-state index is -4.20. The Morgan fingerprint density at radius 2 is 2.25 bits per heavy atom. The minimum absolute atomic E-state index is 0.0477. The van der Waals surface area contributed by atoms with Crippen LogP contribution in [0.3, 0.4) is 0 Å². The predicted molar refractivity (Wildman–Crippen MR) is 46.6 cm³/mol. The Bertz CT molecular complexity index is 244. The fraction of sp³-hybridized carbons (Fsp3) is 0.875. The van der Waals surface area contributed by atoms with Crippen molar-refractivity contribution in [2.24, 2.45) is 0 Å². The zero-order valence-electron chi connectivity index (χ0n) is 8.31. The Morgan fingerprint density at radius 1 is 1.56 bits per heavy atom. The Kier molecular flexibility index (Phi) is 4.48. The van der Waals surface area contributed by atoms with Gasteiger partial charge in [0.1, 0.15) is 6.04 Å². The SMILES string of the molecule is O=C(NCC(F)(F)C(F)F)C1COCCN1. The number of ether oxygens (including phenoxy) is 1. The van der Waals surface area contributed by atoms with Gasteiger partial charge in [-0.15, -0.1) is 0 Å². The van der Waals surface area contributed by atoms with Crippen LogP contribution in [0.4, 0.5) is 17.6 Å². The standard InChI is InChI=1S/C8H12F4N2O2/c9-7(10)8(11,12)4-14-6(15)5-3-16-2-1-13-5/h5,7,13H,1-4H2,(H,14,15). The van der Waals surface area contributed by atoms with Crippen molar-refractivity contribution in [2.45, 2.75) is 18.4 Å². The first-order valence-electron chi connectivity index (χ1n) is 4.68. The van der Waals surface area contributed by atoms with Crippen molar-refractivity contribution >= 4 is 5.91 Å². The highest BCUT2D eigenvalue weighted by Gasteiger charge is 2.41. The van der Waals surface area contributed by atoms with Crippen LogP contribution in [0.5, 0.6) is 0 Å². The van der Waals surface area contributed by atoms with E-state index in [0.717, 1.165) is 0 Å². The predicted octanol–water partition coefficient (Wildman–Crippen LogP) is -0.00860. The zero-order chi connectivity index (χ0) is 12.2. The van der Waals surface area contributed by atoms with E-state index in [-0.39, 0.29) is 6.61 Å². The topological polar surface area (TPSA) is 50.4 Å². The molecule has 0 aromatic carbocycles. The molecule has 1 unspecified atom stereocenters. The fourth-order valence-electron chi connectivity index (χ4n) is 1.14. The van der Waals surface area contributed by atoms with Gasteiger partial charge >= 0.3 is 12.3 Å². The molecule has 1 atom stereocenters. The molecule has 0 radical (unpaired) electrons. The van der Waals surface area contributed by atoms with Gasteiger partial charge in [-0.25, -0.2) is 8.78 Å². The number of halogens is 4. The average molecular weight is 244 g/mol. The molecule has 1 rings (SSSR count). The summed E-state index contributed by atoms with van der Waals surface area (Å²) in [5, 5.41) is 4.48. The molecular weight excluding hydrogens is 232 g/mol. The number of hydrogen-bond acceptors (Lipinski definition) is 3. The molecule has 16 heavy (non-hydrogen) atoms. The number of hydrogen-bond donors (Lipinski definition) is 2. The summed E-state index contributed by atoms with van der Waals surface area (Å²) < 4.78 is 53.4. The fourth-order valence-corrected chi connectivity index (χ4v) is 1.14. The third kappa shape index (κ3) is 3.60. The molecule has 1 amide bonds.